The van der Waals surface area contributed by atoms with Crippen molar-refractivity contribution in [3.63, 3.8) is 0 Å². The number of benzene rings is 1. The number of hydrogen-bond acceptors (Lipinski definition) is 2. The highest BCUT2D eigenvalue weighted by molar-refractivity contribution is 6.33. The van der Waals surface area contributed by atoms with Crippen molar-refractivity contribution in [1.82, 2.24) is 0 Å². The lowest BCUT2D eigenvalue weighted by atomic mass is 9.98. The summed E-state index contributed by atoms with van der Waals surface area (Å²) < 4.78 is 5.81. The van der Waals surface area contributed by atoms with E-state index in [1.165, 1.54) is 0 Å². The maximum atomic E-state index is 11.9. The van der Waals surface area contributed by atoms with Crippen LogP contribution in [0, 0.1) is 20.8 Å². The normalized spacial score (nSPS) is 17.2. The number of rotatable bonds is 0. The summed E-state index contributed by atoms with van der Waals surface area (Å²) in [4.78, 5) is 11.9. The molecule has 0 aliphatic carbocycles. The molecule has 0 bridgehead atoms. The maximum absolute atomic E-state index is 11.9. The van der Waals surface area contributed by atoms with E-state index in [0.29, 0.717) is 10.7 Å². The summed E-state index contributed by atoms with van der Waals surface area (Å²) in [5.41, 5.74) is 2.68. The molecule has 0 atom stereocenters. The first-order valence-electron chi connectivity index (χ1n) is 5.55. The zero-order chi connectivity index (χ0) is 13.0. The van der Waals surface area contributed by atoms with E-state index in [9.17, 15) is 4.79 Å². The van der Waals surface area contributed by atoms with Gasteiger partial charge in [0, 0.05) is 5.02 Å². The second-order valence-electron chi connectivity index (χ2n) is 4.96. The van der Waals surface area contributed by atoms with Crippen LogP contribution in [0.1, 0.15) is 30.5 Å². The highest BCUT2D eigenvalue weighted by Gasteiger charge is 2.37. The van der Waals surface area contributed by atoms with Crippen molar-refractivity contribution in [3.05, 3.63) is 21.7 Å². The Bertz CT molecular complexity index is 521. The maximum Gasteiger partial charge on any atom is 0.268 e. The minimum atomic E-state index is -0.843. The Balaban J connectivity index is 2.71. The number of halogens is 1. The number of anilines is 1. The van der Waals surface area contributed by atoms with E-state index in [0.717, 1.165) is 22.4 Å². The Kier molecular flexibility index (Phi) is 2.62. The summed E-state index contributed by atoms with van der Waals surface area (Å²) in [5.74, 6) is 0.585. The van der Waals surface area contributed by atoms with Crippen LogP contribution < -0.4 is 10.1 Å². The number of nitrogens with one attached hydrogen (secondary N) is 1. The van der Waals surface area contributed by atoms with E-state index in [1.54, 1.807) is 13.8 Å². The van der Waals surface area contributed by atoms with Crippen LogP contribution in [0.15, 0.2) is 0 Å². The molecule has 0 aromatic heterocycles. The summed E-state index contributed by atoms with van der Waals surface area (Å²) in [6.45, 7) is 9.30. The third-order valence-electron chi connectivity index (χ3n) is 3.31. The fourth-order valence-corrected chi connectivity index (χ4v) is 2.16. The van der Waals surface area contributed by atoms with Crippen molar-refractivity contribution in [3.8, 4) is 5.75 Å². The zero-order valence-corrected chi connectivity index (χ0v) is 11.5. The van der Waals surface area contributed by atoms with Gasteiger partial charge >= 0.3 is 0 Å². The van der Waals surface area contributed by atoms with Crippen molar-refractivity contribution >= 4 is 23.2 Å². The van der Waals surface area contributed by atoms with Crippen LogP contribution in [0.5, 0.6) is 5.75 Å². The van der Waals surface area contributed by atoms with Gasteiger partial charge in [-0.25, -0.2) is 0 Å². The quantitative estimate of drug-likeness (QED) is 0.770. The molecular formula is C13H16ClNO2. The summed E-state index contributed by atoms with van der Waals surface area (Å²) in [6, 6.07) is 0. The van der Waals surface area contributed by atoms with E-state index >= 15 is 0 Å². The van der Waals surface area contributed by atoms with Crippen LogP contribution in [0.3, 0.4) is 0 Å². The highest BCUT2D eigenvalue weighted by Crippen LogP contribution is 2.43. The second kappa shape index (κ2) is 3.64. The van der Waals surface area contributed by atoms with Crippen molar-refractivity contribution in [1.29, 1.82) is 0 Å². The molecule has 3 nitrogen and oxygen atoms in total. The number of fused-ring (bicyclic) bond motifs is 1. The minimum Gasteiger partial charge on any atom is -0.476 e. The summed E-state index contributed by atoms with van der Waals surface area (Å²) in [7, 11) is 0. The number of hydrogen-bond donors (Lipinski definition) is 1. The third kappa shape index (κ3) is 1.69. The topological polar surface area (TPSA) is 38.3 Å². The van der Waals surface area contributed by atoms with E-state index < -0.39 is 5.60 Å². The Hall–Kier alpha value is -1.22. The Labute approximate surface area is 106 Å². The van der Waals surface area contributed by atoms with E-state index in [2.05, 4.69) is 5.32 Å². The van der Waals surface area contributed by atoms with Crippen molar-refractivity contribution in [2.45, 2.75) is 40.2 Å². The SMILES string of the molecule is Cc1c(C)c2c(c(C)c1Cl)NC(=O)C(C)(C)O2. The summed E-state index contributed by atoms with van der Waals surface area (Å²) >= 11 is 6.23. The molecule has 1 aliphatic heterocycles. The summed E-state index contributed by atoms with van der Waals surface area (Å²) in [5, 5.41) is 3.56. The molecule has 0 saturated carbocycles. The molecule has 1 amide bonds. The molecule has 1 aliphatic rings. The number of carbonyl (C=O) groups excluding carboxylic acids is 1. The van der Waals surface area contributed by atoms with Gasteiger partial charge < -0.3 is 10.1 Å². The molecule has 0 radical (unpaired) electrons. The molecule has 2 rings (SSSR count). The Morgan fingerprint density at radius 2 is 1.71 bits per heavy atom. The van der Waals surface area contributed by atoms with E-state index in [4.69, 9.17) is 16.3 Å². The lowest BCUT2D eigenvalue weighted by Crippen LogP contribution is -2.46. The first-order chi connectivity index (χ1) is 7.75. The van der Waals surface area contributed by atoms with Gasteiger partial charge in [-0.3, -0.25) is 4.79 Å². The lowest BCUT2D eigenvalue weighted by Gasteiger charge is -2.34. The van der Waals surface area contributed by atoms with Gasteiger partial charge in [0.2, 0.25) is 0 Å². The van der Waals surface area contributed by atoms with Crippen LogP contribution in [0.2, 0.25) is 5.02 Å². The molecule has 0 fully saturated rings. The first-order valence-corrected chi connectivity index (χ1v) is 5.93. The van der Waals surface area contributed by atoms with Crippen molar-refractivity contribution < 1.29 is 9.53 Å². The van der Waals surface area contributed by atoms with Gasteiger partial charge in [0.25, 0.3) is 5.91 Å². The molecule has 4 heteroatoms. The lowest BCUT2D eigenvalue weighted by molar-refractivity contribution is -0.129. The number of amides is 1. The molecule has 1 aromatic rings. The van der Waals surface area contributed by atoms with Crippen LogP contribution in [0.4, 0.5) is 5.69 Å². The predicted octanol–water partition coefficient (Wildman–Crippen LogP) is 3.37. The average molecular weight is 254 g/mol. The molecule has 1 heterocycles. The fraction of sp³-hybridized carbons (Fsp3) is 0.462. The zero-order valence-electron chi connectivity index (χ0n) is 10.7. The van der Waals surface area contributed by atoms with Crippen molar-refractivity contribution in [2.75, 3.05) is 5.32 Å². The van der Waals surface area contributed by atoms with Crippen LogP contribution in [-0.2, 0) is 4.79 Å². The molecule has 17 heavy (non-hydrogen) atoms. The third-order valence-corrected chi connectivity index (χ3v) is 3.87. The fourth-order valence-electron chi connectivity index (χ4n) is 1.93. The van der Waals surface area contributed by atoms with Gasteiger partial charge in [-0.15, -0.1) is 0 Å². The van der Waals surface area contributed by atoms with Crippen molar-refractivity contribution in [2.24, 2.45) is 0 Å². The van der Waals surface area contributed by atoms with Gasteiger partial charge in [-0.05, 0) is 51.3 Å². The minimum absolute atomic E-state index is 0.146. The van der Waals surface area contributed by atoms with Gasteiger partial charge in [-0.2, -0.15) is 0 Å². The number of ether oxygens (including phenoxy) is 1. The Morgan fingerprint density at radius 1 is 1.12 bits per heavy atom. The molecule has 1 aromatic carbocycles. The van der Waals surface area contributed by atoms with Crippen LogP contribution in [0.25, 0.3) is 0 Å². The first kappa shape index (κ1) is 12.2. The van der Waals surface area contributed by atoms with Crippen LogP contribution >= 0.6 is 11.6 Å². The second-order valence-corrected chi connectivity index (χ2v) is 5.34. The molecule has 0 unspecified atom stereocenters. The number of carbonyl (C=O) groups is 1. The molecule has 0 saturated heterocycles. The van der Waals surface area contributed by atoms with Gasteiger partial charge in [0.15, 0.2) is 5.60 Å². The molecular weight excluding hydrogens is 238 g/mol. The standard InChI is InChI=1S/C13H16ClNO2/c1-6-7(2)11-10(8(3)9(6)14)15-12(16)13(4,5)17-11/h1-5H3,(H,15,16). The van der Waals surface area contributed by atoms with E-state index in [1.807, 2.05) is 20.8 Å². The highest BCUT2D eigenvalue weighted by atomic mass is 35.5. The molecule has 0 spiro atoms. The smallest absolute Gasteiger partial charge is 0.268 e. The van der Waals surface area contributed by atoms with E-state index in [-0.39, 0.29) is 5.91 Å². The largest absolute Gasteiger partial charge is 0.476 e. The van der Waals surface area contributed by atoms with Gasteiger partial charge in [0.05, 0.1) is 5.69 Å². The Morgan fingerprint density at radius 3 is 2.29 bits per heavy atom. The monoisotopic (exact) mass is 253 g/mol. The van der Waals surface area contributed by atoms with Gasteiger partial charge in [0.1, 0.15) is 5.75 Å². The molecule has 1 N–H and O–H groups in total. The predicted molar refractivity (Wildman–Crippen MR) is 69.0 cm³/mol. The average Bonchev–Trinajstić information content (AvgIpc) is 2.26. The van der Waals surface area contributed by atoms with Crippen LogP contribution in [-0.4, -0.2) is 11.5 Å². The van der Waals surface area contributed by atoms with Gasteiger partial charge in [-0.1, -0.05) is 11.6 Å². The molecule has 92 valence electrons. The summed E-state index contributed by atoms with van der Waals surface area (Å²) in [6.07, 6.45) is 0.